The van der Waals surface area contributed by atoms with Crippen LogP contribution in [0.15, 0.2) is 115 Å². The molecule has 44 heavy (non-hydrogen) atoms. The molecule has 3 N–H and O–H groups in total. The number of esters is 1. The van der Waals surface area contributed by atoms with Crippen LogP contribution < -0.4 is 10.6 Å². The van der Waals surface area contributed by atoms with E-state index in [1.165, 1.54) is 7.11 Å². The second kappa shape index (κ2) is 11.9. The third-order valence-electron chi connectivity index (χ3n) is 9.49. The number of fused-ring (bicyclic) bond motifs is 3. The van der Waals surface area contributed by atoms with Gasteiger partial charge in [-0.2, -0.15) is 0 Å². The van der Waals surface area contributed by atoms with Crippen molar-refractivity contribution in [3.63, 3.8) is 0 Å². The summed E-state index contributed by atoms with van der Waals surface area (Å²) in [6, 6.07) is 36.5. The Kier molecular flexibility index (Phi) is 8.01. The number of aliphatic hydroxyl groups is 1. The van der Waals surface area contributed by atoms with E-state index in [4.69, 9.17) is 4.74 Å². The maximum atomic E-state index is 14.6. The molecule has 2 aliphatic heterocycles. The summed E-state index contributed by atoms with van der Waals surface area (Å²) in [6.45, 7) is 3.91. The lowest BCUT2D eigenvalue weighted by atomic mass is 9.74. The molecule has 4 aromatic carbocycles. The zero-order valence-corrected chi connectivity index (χ0v) is 25.3. The number of hydrogen-bond donors (Lipinski definition) is 3. The molecule has 0 aliphatic carbocycles. The van der Waals surface area contributed by atoms with Crippen LogP contribution in [-0.4, -0.2) is 47.2 Å². The Bertz CT molecular complexity index is 1520. The Morgan fingerprint density at radius 2 is 1.41 bits per heavy atom. The Balaban J connectivity index is 1.61. The van der Waals surface area contributed by atoms with Gasteiger partial charge in [0, 0.05) is 17.7 Å². The van der Waals surface area contributed by atoms with Crippen molar-refractivity contribution in [2.24, 2.45) is 5.92 Å². The van der Waals surface area contributed by atoms with Crippen molar-refractivity contribution in [1.29, 1.82) is 0 Å². The van der Waals surface area contributed by atoms with Gasteiger partial charge in [0.15, 0.2) is 0 Å². The van der Waals surface area contributed by atoms with Crippen LogP contribution >= 0.6 is 0 Å². The van der Waals surface area contributed by atoms with E-state index in [1.54, 1.807) is 0 Å². The third kappa shape index (κ3) is 4.68. The number of amides is 1. The van der Waals surface area contributed by atoms with Gasteiger partial charge in [0.25, 0.3) is 0 Å². The highest BCUT2D eigenvalue weighted by atomic mass is 16.5. The molecule has 6 rings (SSSR count). The summed E-state index contributed by atoms with van der Waals surface area (Å²) in [5.74, 6) is -0.972. The second-order valence-electron chi connectivity index (χ2n) is 11.8. The van der Waals surface area contributed by atoms with Crippen LogP contribution in [0.4, 0.5) is 5.69 Å². The van der Waals surface area contributed by atoms with Gasteiger partial charge in [-0.25, -0.2) is 4.79 Å². The molecular weight excluding hydrogens is 550 g/mol. The molecule has 1 amide bonds. The van der Waals surface area contributed by atoms with Gasteiger partial charge in [-0.15, -0.1) is 0 Å². The van der Waals surface area contributed by atoms with Gasteiger partial charge in [0.2, 0.25) is 5.91 Å². The van der Waals surface area contributed by atoms with Crippen molar-refractivity contribution in [1.82, 2.24) is 10.2 Å². The number of carbonyl (C=O) groups is 2. The molecule has 0 bridgehead atoms. The average molecular weight is 590 g/mol. The molecule has 2 heterocycles. The minimum atomic E-state index is -1.39. The number of carbonyl (C=O) groups excluding carboxylic acids is 2. The molecule has 5 atom stereocenters. The van der Waals surface area contributed by atoms with Gasteiger partial charge >= 0.3 is 5.97 Å². The van der Waals surface area contributed by atoms with Gasteiger partial charge in [0.05, 0.1) is 18.7 Å². The van der Waals surface area contributed by atoms with Crippen molar-refractivity contribution in [3.8, 4) is 0 Å². The summed E-state index contributed by atoms with van der Waals surface area (Å²) in [6.07, 6.45) is 0.130. The number of benzene rings is 4. The summed E-state index contributed by atoms with van der Waals surface area (Å²) < 4.78 is 5.11. The van der Waals surface area contributed by atoms with E-state index in [9.17, 15) is 14.7 Å². The van der Waals surface area contributed by atoms with Crippen molar-refractivity contribution in [3.05, 3.63) is 138 Å². The Morgan fingerprint density at radius 1 is 0.909 bits per heavy atom. The summed E-state index contributed by atoms with van der Waals surface area (Å²) >= 11 is 0. The molecule has 4 aromatic rings. The first-order chi connectivity index (χ1) is 21.4. The molecule has 2 aliphatic rings. The Morgan fingerprint density at radius 3 is 1.91 bits per heavy atom. The number of hydrogen-bond acceptors (Lipinski definition) is 6. The van der Waals surface area contributed by atoms with E-state index in [0.717, 1.165) is 27.9 Å². The summed E-state index contributed by atoms with van der Waals surface area (Å²) in [4.78, 5) is 29.7. The Labute approximate surface area is 258 Å². The molecule has 0 aromatic heterocycles. The van der Waals surface area contributed by atoms with Crippen LogP contribution in [-0.2, 0) is 25.5 Å². The highest BCUT2D eigenvalue weighted by Gasteiger charge is 2.64. The number of anilines is 1. The van der Waals surface area contributed by atoms with E-state index < -0.39 is 35.4 Å². The van der Waals surface area contributed by atoms with Crippen LogP contribution in [0.1, 0.15) is 48.9 Å². The average Bonchev–Trinajstić information content (AvgIpc) is 3.53. The maximum Gasteiger partial charge on any atom is 0.328 e. The lowest BCUT2D eigenvalue weighted by Crippen LogP contribution is -2.61. The molecule has 226 valence electrons. The van der Waals surface area contributed by atoms with E-state index >= 15 is 0 Å². The predicted octanol–water partition coefficient (Wildman–Crippen LogP) is 5.40. The SMILES string of the molecule is CC[C@H](C)[C@H](NC(=O)[C@@H]1C[C@@]2(O)c3ccccc3N[C@H]2N1C(c1ccccc1)(c1ccccc1)c1ccccc1)C(=O)OC. The number of rotatable bonds is 9. The van der Waals surface area contributed by atoms with Crippen LogP contribution in [0.3, 0.4) is 0 Å². The van der Waals surface area contributed by atoms with Crippen molar-refractivity contribution in [2.75, 3.05) is 12.4 Å². The highest BCUT2D eigenvalue weighted by Crippen LogP contribution is 2.56. The van der Waals surface area contributed by atoms with Crippen molar-refractivity contribution in [2.45, 2.75) is 56.1 Å². The van der Waals surface area contributed by atoms with E-state index in [0.29, 0.717) is 6.42 Å². The zero-order valence-electron chi connectivity index (χ0n) is 25.3. The van der Waals surface area contributed by atoms with E-state index in [-0.39, 0.29) is 18.2 Å². The zero-order chi connectivity index (χ0) is 30.9. The normalized spacial score (nSPS) is 22.3. The minimum Gasteiger partial charge on any atom is -0.467 e. The monoisotopic (exact) mass is 589 g/mol. The topological polar surface area (TPSA) is 90.9 Å². The molecule has 0 saturated carbocycles. The molecular formula is C37H39N3O4. The first-order valence-electron chi connectivity index (χ1n) is 15.3. The fourth-order valence-corrected chi connectivity index (χ4v) is 7.17. The fraction of sp³-hybridized carbons (Fsp3) is 0.297. The van der Waals surface area contributed by atoms with Crippen LogP contribution in [0.5, 0.6) is 0 Å². The molecule has 7 nitrogen and oxygen atoms in total. The van der Waals surface area contributed by atoms with Gasteiger partial charge < -0.3 is 20.5 Å². The Hall–Kier alpha value is -4.46. The number of methoxy groups -OCH3 is 1. The summed E-state index contributed by atoms with van der Waals surface area (Å²) in [5.41, 5.74) is 2.03. The van der Waals surface area contributed by atoms with Crippen molar-refractivity contribution < 1.29 is 19.4 Å². The largest absolute Gasteiger partial charge is 0.467 e. The lowest BCUT2D eigenvalue weighted by Gasteiger charge is -2.49. The van der Waals surface area contributed by atoms with E-state index in [1.807, 2.05) is 92.7 Å². The highest BCUT2D eigenvalue weighted by molar-refractivity contribution is 5.89. The molecule has 0 spiro atoms. The van der Waals surface area contributed by atoms with Gasteiger partial charge in [0.1, 0.15) is 17.8 Å². The maximum absolute atomic E-state index is 14.6. The molecule has 1 fully saturated rings. The molecule has 0 unspecified atom stereocenters. The third-order valence-corrected chi connectivity index (χ3v) is 9.49. The summed E-state index contributed by atoms with van der Waals surface area (Å²) in [5, 5.41) is 19.3. The predicted molar refractivity (Wildman–Crippen MR) is 171 cm³/mol. The number of nitrogens with zero attached hydrogens (tertiary/aromatic N) is 1. The molecule has 7 heteroatoms. The number of para-hydroxylation sites is 1. The molecule has 1 saturated heterocycles. The first-order valence-corrected chi connectivity index (χ1v) is 15.3. The second-order valence-corrected chi connectivity index (χ2v) is 11.8. The number of ether oxygens (including phenoxy) is 1. The molecule has 0 radical (unpaired) electrons. The number of likely N-dealkylation sites (tertiary alicyclic amines) is 1. The van der Waals surface area contributed by atoms with Crippen molar-refractivity contribution >= 4 is 17.6 Å². The quantitative estimate of drug-likeness (QED) is 0.179. The lowest BCUT2D eigenvalue weighted by molar-refractivity contribution is -0.147. The minimum absolute atomic E-state index is 0.121. The number of nitrogens with one attached hydrogen (secondary N) is 2. The van der Waals surface area contributed by atoms with Crippen LogP contribution in [0.2, 0.25) is 0 Å². The standard InChI is InChI=1S/C37H39N3O4/c1-4-25(2)32(34(42)44-3)39-33(41)31-24-36(43)29-22-14-15-23-30(29)38-35(36)40(31)37(26-16-8-5-9-17-26,27-18-10-6-11-19-27)28-20-12-7-13-21-28/h5-23,25,31-32,35,38,43H,4,24H2,1-3H3,(H,39,41)/t25-,31-,32-,35-,36+/m0/s1. The first kappa shape index (κ1) is 29.6. The van der Waals surface area contributed by atoms with Crippen LogP contribution in [0, 0.1) is 5.92 Å². The smallest absolute Gasteiger partial charge is 0.328 e. The van der Waals surface area contributed by atoms with E-state index in [2.05, 4.69) is 51.9 Å². The van der Waals surface area contributed by atoms with Gasteiger partial charge in [-0.3, -0.25) is 9.69 Å². The fourth-order valence-electron chi connectivity index (χ4n) is 7.17. The van der Waals surface area contributed by atoms with Gasteiger partial charge in [-0.05, 0) is 28.7 Å². The van der Waals surface area contributed by atoms with Gasteiger partial charge in [-0.1, -0.05) is 129 Å². The summed E-state index contributed by atoms with van der Waals surface area (Å²) in [7, 11) is 1.34. The van der Waals surface area contributed by atoms with Crippen LogP contribution in [0.25, 0.3) is 0 Å².